The van der Waals surface area contributed by atoms with Crippen LogP contribution in [-0.2, 0) is 54.4 Å². The maximum atomic E-state index is 14.4. The van der Waals surface area contributed by atoms with Crippen molar-refractivity contribution in [2.75, 3.05) is 32.7 Å². The number of nitrogens with two attached hydrogens (primary N) is 4. The molecule has 444 valence electrons. The summed E-state index contributed by atoms with van der Waals surface area (Å²) in [7, 11) is 0. The van der Waals surface area contributed by atoms with Crippen molar-refractivity contribution < 1.29 is 68.1 Å². The zero-order chi connectivity index (χ0) is 59.5. The third-order valence-corrected chi connectivity index (χ3v) is 12.4. The van der Waals surface area contributed by atoms with E-state index in [2.05, 4.69) is 58.5 Å². The minimum absolute atomic E-state index is 0.0181. The number of rotatable bonds is 23. The van der Waals surface area contributed by atoms with Gasteiger partial charge in [0.15, 0.2) is 0 Å². The van der Waals surface area contributed by atoms with E-state index >= 15 is 0 Å². The van der Waals surface area contributed by atoms with Crippen LogP contribution < -0.4 is 81.4 Å². The fraction of sp³-hybridized carbons (Fsp3) is 0.660. The number of amides is 11. The van der Waals surface area contributed by atoms with Crippen LogP contribution in [0.1, 0.15) is 92.1 Å². The number of carbonyl (C=O) groups excluding carboxylic acids is 10. The maximum absolute atomic E-state index is 14.4. The normalized spacial score (nSPS) is 23.4. The van der Waals surface area contributed by atoms with Gasteiger partial charge in [-0.05, 0) is 102 Å². The zero-order valence-corrected chi connectivity index (χ0v) is 45.8. The Balaban J connectivity index is 2.74. The molecular formula is C50H85N15O14. The van der Waals surface area contributed by atoms with Crippen LogP contribution in [0.4, 0.5) is 4.79 Å². The SMILES string of the molecule is CC(C)C[C@H](NC(=O)O)C(=O)N[C@H](C(=O)N[C@@H](CCN)C(=O)N[C@H]1CCNC(=O)[C@H]([C@@H](C)O)NC(=O)[C@H](CCN)NC(=O)[C@H](CCN)NC(=O)[C@H](CC(C)C)NC(=O)[C@@H](Cc2ccccc2)NC(=O)[C@H](CCN)NC1=O)[C@@H](C)O. The lowest BCUT2D eigenvalue weighted by molar-refractivity contribution is -0.136. The zero-order valence-electron chi connectivity index (χ0n) is 45.8. The molecule has 0 radical (unpaired) electrons. The first-order valence-corrected chi connectivity index (χ1v) is 26.5. The van der Waals surface area contributed by atoms with Gasteiger partial charge in [-0.25, -0.2) is 4.79 Å². The quantitative estimate of drug-likeness (QED) is 0.0485. The number of hydrogen-bond donors (Lipinski definition) is 18. The fourth-order valence-electron chi connectivity index (χ4n) is 8.29. The predicted molar refractivity (Wildman–Crippen MR) is 287 cm³/mol. The van der Waals surface area contributed by atoms with Crippen LogP contribution >= 0.6 is 0 Å². The second kappa shape index (κ2) is 34.8. The van der Waals surface area contributed by atoms with E-state index in [9.17, 15) is 68.1 Å². The molecule has 2 rings (SSSR count). The molecule has 0 unspecified atom stereocenters. The van der Waals surface area contributed by atoms with Gasteiger partial charge < -0.3 is 96.7 Å². The third-order valence-electron chi connectivity index (χ3n) is 12.4. The summed E-state index contributed by atoms with van der Waals surface area (Å²) < 4.78 is 0. The number of carbonyl (C=O) groups is 11. The summed E-state index contributed by atoms with van der Waals surface area (Å²) in [5.41, 5.74) is 24.0. The van der Waals surface area contributed by atoms with Gasteiger partial charge in [0.1, 0.15) is 60.4 Å². The number of aliphatic hydroxyl groups excluding tert-OH is 2. The van der Waals surface area contributed by atoms with Crippen LogP contribution in [0.5, 0.6) is 0 Å². The number of benzene rings is 1. The molecule has 29 heteroatoms. The average molecular weight is 1120 g/mol. The Labute approximate surface area is 459 Å². The van der Waals surface area contributed by atoms with E-state index < -0.39 is 151 Å². The summed E-state index contributed by atoms with van der Waals surface area (Å²) in [6, 6.07) is -6.52. The highest BCUT2D eigenvalue weighted by Gasteiger charge is 2.37. The van der Waals surface area contributed by atoms with Gasteiger partial charge >= 0.3 is 6.09 Å². The molecule has 1 fully saturated rings. The molecule has 1 saturated heterocycles. The van der Waals surface area contributed by atoms with E-state index in [4.69, 9.17) is 22.9 Å². The van der Waals surface area contributed by atoms with Crippen molar-refractivity contribution in [3.05, 3.63) is 35.9 Å². The van der Waals surface area contributed by atoms with Crippen LogP contribution in [0.15, 0.2) is 30.3 Å². The van der Waals surface area contributed by atoms with Crippen molar-refractivity contribution in [3.8, 4) is 0 Å². The minimum Gasteiger partial charge on any atom is -0.465 e. The lowest BCUT2D eigenvalue weighted by atomic mass is 10.00. The van der Waals surface area contributed by atoms with Crippen molar-refractivity contribution in [2.45, 2.75) is 166 Å². The van der Waals surface area contributed by atoms with Crippen LogP contribution in [0.25, 0.3) is 0 Å². The lowest BCUT2D eigenvalue weighted by Crippen LogP contribution is -2.62. The Morgan fingerprint density at radius 1 is 0.570 bits per heavy atom. The molecule has 0 saturated carbocycles. The van der Waals surface area contributed by atoms with Gasteiger partial charge in [0.25, 0.3) is 0 Å². The first kappa shape index (κ1) is 68.1. The number of nitrogens with one attached hydrogen (secondary N) is 11. The molecule has 0 bridgehead atoms. The second-order valence-corrected chi connectivity index (χ2v) is 20.2. The highest BCUT2D eigenvalue weighted by molar-refractivity contribution is 5.99. The first-order valence-electron chi connectivity index (χ1n) is 26.5. The van der Waals surface area contributed by atoms with Gasteiger partial charge in [0.05, 0.1) is 12.2 Å². The Hall–Kier alpha value is -7.05. The summed E-state index contributed by atoms with van der Waals surface area (Å²) in [4.78, 5) is 151. The summed E-state index contributed by atoms with van der Waals surface area (Å²) in [6.07, 6.45) is -6.08. The molecule has 11 amide bonds. The number of hydrogen-bond acceptors (Lipinski definition) is 17. The number of aliphatic hydroxyl groups is 2. The first-order chi connectivity index (χ1) is 37.3. The molecule has 0 aliphatic carbocycles. The van der Waals surface area contributed by atoms with Crippen LogP contribution in [0, 0.1) is 11.8 Å². The molecule has 1 aromatic carbocycles. The average Bonchev–Trinajstić information content (AvgIpc) is 3.37. The fourth-order valence-corrected chi connectivity index (χ4v) is 8.29. The standard InChI is InChI=1S/C50H85N15O14/c1-25(2)22-35-45(73)58-30(12-17-51)40(68)57-33(15-20-54)44(72)64-38(27(5)66)48(76)55-21-16-34(43(71)56-31(13-18-52)42(70)62-37(46(74)61-35)24-29-10-8-7-9-11-29)59-41(69)32(14-19-53)60-49(77)39(28(6)67)65-47(75)36(23-26(3)4)63-50(78)79/h7-11,25-28,30-39,63,66-67H,12-24,51-54H2,1-6H3,(H,55,76)(H,56,71)(H,57,68)(H,58,73)(H,59,69)(H,60,77)(H,61,74)(H,62,70)(H,64,72)(H,65,75)(H,78,79)/t27-,28-,30+,31+,32+,33+,34+,35+,36+,37-,38+,39+/m1/s1. The van der Waals surface area contributed by atoms with E-state index in [1.807, 2.05) is 0 Å². The van der Waals surface area contributed by atoms with E-state index in [0.29, 0.717) is 5.56 Å². The van der Waals surface area contributed by atoms with E-state index in [0.717, 1.165) is 6.92 Å². The molecule has 0 spiro atoms. The van der Waals surface area contributed by atoms with Crippen molar-refractivity contribution in [2.24, 2.45) is 34.8 Å². The van der Waals surface area contributed by atoms with E-state index in [1.54, 1.807) is 58.0 Å². The third kappa shape index (κ3) is 23.8. The Morgan fingerprint density at radius 2 is 1.06 bits per heavy atom. The van der Waals surface area contributed by atoms with E-state index in [1.165, 1.54) is 6.92 Å². The molecule has 1 aromatic rings. The van der Waals surface area contributed by atoms with E-state index in [-0.39, 0.29) is 83.0 Å². The Morgan fingerprint density at radius 3 is 1.54 bits per heavy atom. The van der Waals surface area contributed by atoms with Crippen LogP contribution in [0.3, 0.4) is 0 Å². The monoisotopic (exact) mass is 1120 g/mol. The Bertz CT molecular complexity index is 2200. The molecule has 79 heavy (non-hydrogen) atoms. The van der Waals surface area contributed by atoms with Crippen molar-refractivity contribution >= 4 is 65.2 Å². The van der Waals surface area contributed by atoms with Gasteiger partial charge in [-0.2, -0.15) is 0 Å². The molecule has 12 atom stereocenters. The van der Waals surface area contributed by atoms with Crippen molar-refractivity contribution in [3.63, 3.8) is 0 Å². The highest BCUT2D eigenvalue weighted by atomic mass is 16.4. The summed E-state index contributed by atoms with van der Waals surface area (Å²) in [6.45, 7) is 8.16. The van der Waals surface area contributed by atoms with Crippen molar-refractivity contribution in [1.29, 1.82) is 0 Å². The predicted octanol–water partition coefficient (Wildman–Crippen LogP) is -6.00. The minimum atomic E-state index is -1.74. The van der Waals surface area contributed by atoms with Gasteiger partial charge in [-0.15, -0.1) is 0 Å². The number of carboxylic acid groups (broad SMARTS) is 1. The maximum Gasteiger partial charge on any atom is 0.405 e. The van der Waals surface area contributed by atoms with Gasteiger partial charge in [-0.1, -0.05) is 58.0 Å². The molecule has 1 heterocycles. The molecular weight excluding hydrogens is 1030 g/mol. The largest absolute Gasteiger partial charge is 0.465 e. The van der Waals surface area contributed by atoms with Gasteiger partial charge in [0, 0.05) is 13.0 Å². The topological polar surface area (TPSA) is 485 Å². The summed E-state index contributed by atoms with van der Waals surface area (Å²) in [5, 5.41) is 57.8. The van der Waals surface area contributed by atoms with Gasteiger partial charge in [0.2, 0.25) is 59.1 Å². The van der Waals surface area contributed by atoms with Crippen LogP contribution in [-0.4, -0.2) is 186 Å². The molecule has 29 nitrogen and oxygen atoms in total. The second-order valence-electron chi connectivity index (χ2n) is 20.2. The molecule has 1 aliphatic heterocycles. The van der Waals surface area contributed by atoms with Gasteiger partial charge in [-0.3, -0.25) is 47.9 Å². The molecule has 1 aliphatic rings. The highest BCUT2D eigenvalue weighted by Crippen LogP contribution is 2.12. The molecule has 0 aromatic heterocycles. The van der Waals surface area contributed by atoms with Crippen LogP contribution in [0.2, 0.25) is 0 Å². The lowest BCUT2D eigenvalue weighted by Gasteiger charge is -2.29. The molecule has 22 N–H and O–H groups in total. The summed E-state index contributed by atoms with van der Waals surface area (Å²) >= 11 is 0. The smallest absolute Gasteiger partial charge is 0.405 e. The van der Waals surface area contributed by atoms with Crippen molar-refractivity contribution in [1.82, 2.24) is 58.5 Å². The summed E-state index contributed by atoms with van der Waals surface area (Å²) in [5.74, 6) is -9.96. The Kier molecular flexibility index (Phi) is 29.9.